The first-order chi connectivity index (χ1) is 16.8. The molecule has 0 bridgehead atoms. The zero-order chi connectivity index (χ0) is 26.4. The summed E-state index contributed by atoms with van der Waals surface area (Å²) in [4.78, 5) is 42.5. The first-order valence-corrected chi connectivity index (χ1v) is 11.1. The van der Waals surface area contributed by atoms with Crippen molar-refractivity contribution in [3.8, 4) is 0 Å². The molecule has 11 heteroatoms. The van der Waals surface area contributed by atoms with E-state index in [1.165, 1.54) is 42.7 Å². The Morgan fingerprint density at radius 3 is 2.39 bits per heavy atom. The molecule has 3 aromatic rings. The zero-order valence-electron chi connectivity index (χ0n) is 20.0. The van der Waals surface area contributed by atoms with E-state index in [-0.39, 0.29) is 28.1 Å². The van der Waals surface area contributed by atoms with Crippen LogP contribution in [0.4, 0.5) is 29.5 Å². The second kappa shape index (κ2) is 8.96. The number of amides is 1. The Bertz CT molecular complexity index is 1350. The maximum absolute atomic E-state index is 13.8. The second-order valence-electron chi connectivity index (χ2n) is 9.42. The average Bonchev–Trinajstić information content (AvgIpc) is 3.55. The van der Waals surface area contributed by atoms with Gasteiger partial charge in [-0.15, -0.1) is 0 Å². The van der Waals surface area contributed by atoms with Crippen molar-refractivity contribution in [2.45, 2.75) is 51.3 Å². The molecule has 0 saturated heterocycles. The highest BCUT2D eigenvalue weighted by atomic mass is 19.4. The number of carbonyl (C=O) groups is 3. The van der Waals surface area contributed by atoms with Crippen LogP contribution in [-0.2, 0) is 14.3 Å². The normalized spacial score (nSPS) is 14.0. The number of fused-ring (bicyclic) bond motifs is 1. The lowest BCUT2D eigenvalue weighted by molar-refractivity contribution is -0.169. The quantitative estimate of drug-likeness (QED) is 0.424. The fourth-order valence-corrected chi connectivity index (χ4v) is 3.82. The summed E-state index contributed by atoms with van der Waals surface area (Å²) < 4.78 is 52.7. The molecule has 4 rings (SSSR count). The summed E-state index contributed by atoms with van der Waals surface area (Å²) >= 11 is 0. The Labute approximate surface area is 204 Å². The summed E-state index contributed by atoms with van der Waals surface area (Å²) in [7, 11) is 1.09. The van der Waals surface area contributed by atoms with Crippen LogP contribution in [0.5, 0.6) is 0 Å². The van der Waals surface area contributed by atoms with Gasteiger partial charge in [0.25, 0.3) is 0 Å². The Kier molecular flexibility index (Phi) is 6.27. The van der Waals surface area contributed by atoms with E-state index in [0.717, 1.165) is 24.5 Å². The van der Waals surface area contributed by atoms with E-state index in [9.17, 15) is 27.6 Å². The number of ether oxygens (including phenoxy) is 2. The number of methoxy groups -OCH3 is 1. The second-order valence-corrected chi connectivity index (χ2v) is 9.42. The summed E-state index contributed by atoms with van der Waals surface area (Å²) in [5, 5.41) is 0.143. The lowest BCUT2D eigenvalue weighted by atomic mass is 10.1. The molecule has 1 saturated carbocycles. The van der Waals surface area contributed by atoms with Crippen molar-refractivity contribution in [1.82, 2.24) is 9.55 Å². The predicted octanol–water partition coefficient (Wildman–Crippen LogP) is 5.71. The van der Waals surface area contributed by atoms with Crippen molar-refractivity contribution < 1.29 is 37.0 Å². The van der Waals surface area contributed by atoms with E-state index in [2.05, 4.69) is 4.98 Å². The lowest BCUT2D eigenvalue weighted by Gasteiger charge is -2.25. The zero-order valence-corrected chi connectivity index (χ0v) is 20.0. The molecule has 36 heavy (non-hydrogen) atoms. The number of halogens is 3. The fraction of sp³-hybridized carbons (Fsp3) is 0.360. The maximum Gasteiger partial charge on any atom is 0.472 e. The van der Waals surface area contributed by atoms with Gasteiger partial charge in [0.05, 0.1) is 18.3 Å². The van der Waals surface area contributed by atoms with Crippen molar-refractivity contribution in [2.24, 2.45) is 0 Å². The van der Waals surface area contributed by atoms with Gasteiger partial charge in [-0.3, -0.25) is 14.3 Å². The van der Waals surface area contributed by atoms with Crippen molar-refractivity contribution >= 4 is 40.4 Å². The minimum absolute atomic E-state index is 0.143. The van der Waals surface area contributed by atoms with Gasteiger partial charge in [-0.25, -0.2) is 14.6 Å². The lowest BCUT2D eigenvalue weighted by Crippen LogP contribution is -2.39. The van der Waals surface area contributed by atoms with Crippen molar-refractivity contribution in [1.29, 1.82) is 0 Å². The van der Waals surface area contributed by atoms with Gasteiger partial charge in [0.2, 0.25) is 0 Å². The minimum Gasteiger partial charge on any atom is -0.465 e. The number of anilines is 2. The highest BCUT2D eigenvalue weighted by molar-refractivity contribution is 6.12. The highest BCUT2D eigenvalue weighted by Gasteiger charge is 2.46. The molecule has 8 nitrogen and oxygen atoms in total. The number of rotatable bonds is 4. The Morgan fingerprint density at radius 1 is 1.11 bits per heavy atom. The number of nitrogens with zero attached hydrogens (tertiary/aromatic N) is 3. The first kappa shape index (κ1) is 25.2. The molecule has 0 spiro atoms. The molecule has 1 aliphatic rings. The van der Waals surface area contributed by atoms with E-state index in [1.54, 1.807) is 20.8 Å². The van der Waals surface area contributed by atoms with Gasteiger partial charge in [-0.1, -0.05) is 6.07 Å². The molecule has 1 aromatic carbocycles. The van der Waals surface area contributed by atoms with Gasteiger partial charge in [0, 0.05) is 17.8 Å². The molecular weight excluding hydrogens is 479 g/mol. The summed E-state index contributed by atoms with van der Waals surface area (Å²) in [6.45, 7) is 5.03. The molecule has 190 valence electrons. The molecule has 1 amide bonds. The molecular formula is C25H24F3N3O5. The van der Waals surface area contributed by atoms with Crippen LogP contribution in [0.3, 0.4) is 0 Å². The predicted molar refractivity (Wildman–Crippen MR) is 124 cm³/mol. The monoisotopic (exact) mass is 503 g/mol. The third-order valence-corrected chi connectivity index (χ3v) is 5.54. The number of esters is 1. The van der Waals surface area contributed by atoms with E-state index < -0.39 is 35.6 Å². The molecule has 0 unspecified atom stereocenters. The van der Waals surface area contributed by atoms with Gasteiger partial charge in [-0.2, -0.15) is 13.2 Å². The number of benzene rings is 1. The van der Waals surface area contributed by atoms with E-state index >= 15 is 0 Å². The van der Waals surface area contributed by atoms with Gasteiger partial charge in [0.15, 0.2) is 5.82 Å². The van der Waals surface area contributed by atoms with Gasteiger partial charge in [-0.05, 0) is 69.4 Å². The largest absolute Gasteiger partial charge is 0.472 e. The molecule has 1 aliphatic carbocycles. The van der Waals surface area contributed by atoms with Crippen LogP contribution in [0, 0.1) is 0 Å². The van der Waals surface area contributed by atoms with Crippen molar-refractivity contribution in [2.75, 3.05) is 12.0 Å². The number of hydrogen-bond donors (Lipinski definition) is 0. The molecule has 1 fully saturated rings. The molecule has 0 atom stereocenters. The van der Waals surface area contributed by atoms with Gasteiger partial charge < -0.3 is 9.47 Å². The van der Waals surface area contributed by atoms with Crippen LogP contribution in [0.2, 0.25) is 0 Å². The molecule has 0 radical (unpaired) electrons. The molecule has 0 aliphatic heterocycles. The average molecular weight is 503 g/mol. The van der Waals surface area contributed by atoms with Crippen LogP contribution < -0.4 is 4.90 Å². The van der Waals surface area contributed by atoms with E-state index in [1.807, 2.05) is 0 Å². The fourth-order valence-electron chi connectivity index (χ4n) is 3.82. The molecule has 0 N–H and O–H groups in total. The number of aromatic nitrogens is 2. The number of pyridine rings is 1. The summed E-state index contributed by atoms with van der Waals surface area (Å²) in [5.41, 5.74) is -0.424. The SMILES string of the molecule is COC(=O)c1cc(C2CC2)cnc1N(C(=O)C(F)(F)F)c1cccc2c1ccn2C(=O)OC(C)(C)C. The van der Waals surface area contributed by atoms with Crippen molar-refractivity contribution in [3.05, 3.63) is 53.9 Å². The van der Waals surface area contributed by atoms with Crippen LogP contribution >= 0.6 is 0 Å². The standard InChI is InChI=1S/C25H24F3N3O5/c1-24(2,3)36-23(34)30-11-10-16-18(30)6-5-7-19(16)31(22(33)25(26,27)28)20-17(21(32)35-4)12-15(13-29-20)14-8-9-14/h5-7,10-14H,8-9H2,1-4H3. The Balaban J connectivity index is 1.92. The van der Waals surface area contributed by atoms with Crippen LogP contribution in [0.25, 0.3) is 10.9 Å². The summed E-state index contributed by atoms with van der Waals surface area (Å²) in [6, 6.07) is 6.98. The smallest absolute Gasteiger partial charge is 0.465 e. The highest BCUT2D eigenvalue weighted by Crippen LogP contribution is 2.42. The Morgan fingerprint density at radius 2 is 1.81 bits per heavy atom. The van der Waals surface area contributed by atoms with Crippen LogP contribution in [0.15, 0.2) is 42.7 Å². The first-order valence-electron chi connectivity index (χ1n) is 11.1. The van der Waals surface area contributed by atoms with Gasteiger partial charge in [0.1, 0.15) is 11.2 Å². The minimum atomic E-state index is -5.29. The van der Waals surface area contributed by atoms with E-state index in [4.69, 9.17) is 9.47 Å². The number of alkyl halides is 3. The molecule has 2 heterocycles. The third kappa shape index (κ3) is 4.91. The summed E-state index contributed by atoms with van der Waals surface area (Å²) in [6.07, 6.45) is -1.61. The number of carbonyl (C=O) groups excluding carboxylic acids is 3. The van der Waals surface area contributed by atoms with Crippen molar-refractivity contribution in [3.63, 3.8) is 0 Å². The topological polar surface area (TPSA) is 90.7 Å². The number of hydrogen-bond acceptors (Lipinski definition) is 6. The van der Waals surface area contributed by atoms with Crippen LogP contribution in [-0.4, -0.2) is 46.4 Å². The summed E-state index contributed by atoms with van der Waals surface area (Å²) in [5.74, 6) is -3.56. The third-order valence-electron chi connectivity index (χ3n) is 5.54. The molecule has 2 aromatic heterocycles. The Hall–Kier alpha value is -3.89. The maximum atomic E-state index is 13.8. The van der Waals surface area contributed by atoms with Crippen LogP contribution in [0.1, 0.15) is 55.5 Å². The van der Waals surface area contributed by atoms with Gasteiger partial charge >= 0.3 is 24.1 Å². The van der Waals surface area contributed by atoms with E-state index in [0.29, 0.717) is 10.5 Å².